The van der Waals surface area contributed by atoms with Crippen molar-refractivity contribution in [3.63, 3.8) is 0 Å². The number of phenolic OH excluding ortho intramolecular Hbond substituents is 1. The normalized spacial score (nSPS) is 10.4. The Kier molecular flexibility index (Phi) is 3.22. The van der Waals surface area contributed by atoms with Gasteiger partial charge in [-0.3, -0.25) is 4.98 Å². The van der Waals surface area contributed by atoms with Crippen LogP contribution < -0.4 is 5.73 Å². The molecule has 0 aliphatic carbocycles. The molecule has 0 unspecified atom stereocenters. The first-order valence-corrected chi connectivity index (χ1v) is 5.64. The van der Waals surface area contributed by atoms with Gasteiger partial charge in [0.2, 0.25) is 0 Å². The minimum Gasteiger partial charge on any atom is -0.507 e. The van der Waals surface area contributed by atoms with Gasteiger partial charge >= 0.3 is 0 Å². The molecule has 2 rings (SSSR count). The highest BCUT2D eigenvalue weighted by Gasteiger charge is 2.09. The molecule has 1 heterocycles. The van der Waals surface area contributed by atoms with Crippen LogP contribution >= 0.6 is 15.9 Å². The zero-order valence-corrected chi connectivity index (χ0v) is 10.1. The van der Waals surface area contributed by atoms with E-state index in [1.165, 1.54) is 0 Å². The van der Waals surface area contributed by atoms with E-state index in [0.717, 1.165) is 15.7 Å². The first kappa shape index (κ1) is 11.1. The van der Waals surface area contributed by atoms with Crippen molar-refractivity contribution in [2.45, 2.75) is 6.54 Å². The summed E-state index contributed by atoms with van der Waals surface area (Å²) in [7, 11) is 0. The lowest BCUT2D eigenvalue weighted by Crippen LogP contribution is -1.98. The lowest BCUT2D eigenvalue weighted by Gasteiger charge is -2.07. The van der Waals surface area contributed by atoms with Crippen LogP contribution in [0.1, 0.15) is 5.56 Å². The molecule has 0 aliphatic rings. The number of nitrogens with zero attached hydrogens (tertiary/aromatic N) is 1. The zero-order valence-electron chi connectivity index (χ0n) is 8.52. The van der Waals surface area contributed by atoms with E-state index in [-0.39, 0.29) is 5.75 Å². The number of phenols is 1. The van der Waals surface area contributed by atoms with Crippen molar-refractivity contribution in [2.75, 3.05) is 0 Å². The predicted octanol–water partition coefficient (Wildman–Crippen LogP) is 2.68. The maximum absolute atomic E-state index is 9.73. The van der Waals surface area contributed by atoms with E-state index in [2.05, 4.69) is 20.9 Å². The van der Waals surface area contributed by atoms with Gasteiger partial charge in [-0.1, -0.05) is 12.1 Å². The third-order valence-electron chi connectivity index (χ3n) is 2.29. The molecule has 0 saturated carbocycles. The van der Waals surface area contributed by atoms with Gasteiger partial charge < -0.3 is 10.8 Å². The molecule has 0 atom stereocenters. The van der Waals surface area contributed by atoms with E-state index < -0.39 is 0 Å². The molecule has 2 aromatic rings. The summed E-state index contributed by atoms with van der Waals surface area (Å²) in [4.78, 5) is 4.29. The lowest BCUT2D eigenvalue weighted by atomic mass is 10.1. The highest BCUT2D eigenvalue weighted by atomic mass is 79.9. The van der Waals surface area contributed by atoms with Gasteiger partial charge in [0.25, 0.3) is 0 Å². The molecule has 0 spiro atoms. The molecule has 0 bridgehead atoms. The molecule has 1 aromatic carbocycles. The summed E-state index contributed by atoms with van der Waals surface area (Å²) in [5.74, 6) is 0.219. The topological polar surface area (TPSA) is 59.1 Å². The van der Waals surface area contributed by atoms with Gasteiger partial charge in [0, 0.05) is 22.8 Å². The van der Waals surface area contributed by atoms with Gasteiger partial charge in [-0.15, -0.1) is 0 Å². The molecule has 0 saturated heterocycles. The van der Waals surface area contributed by atoms with E-state index in [1.807, 2.05) is 18.2 Å². The SMILES string of the molecule is NCc1cnc(-c2ccccc2O)c(Br)c1. The first-order valence-electron chi connectivity index (χ1n) is 4.85. The predicted molar refractivity (Wildman–Crippen MR) is 66.9 cm³/mol. The van der Waals surface area contributed by atoms with Crippen LogP contribution in [0, 0.1) is 0 Å². The maximum atomic E-state index is 9.73. The molecule has 0 amide bonds. The van der Waals surface area contributed by atoms with Crippen molar-refractivity contribution in [3.05, 3.63) is 46.6 Å². The molecule has 1 aromatic heterocycles. The fourth-order valence-corrected chi connectivity index (χ4v) is 2.07. The number of benzene rings is 1. The Labute approximate surface area is 102 Å². The number of rotatable bonds is 2. The Bertz CT molecular complexity index is 514. The summed E-state index contributed by atoms with van der Waals surface area (Å²) in [6, 6.07) is 9.01. The van der Waals surface area contributed by atoms with Gasteiger partial charge in [0.15, 0.2) is 0 Å². The fourth-order valence-electron chi connectivity index (χ4n) is 1.46. The molecule has 0 fully saturated rings. The van der Waals surface area contributed by atoms with Gasteiger partial charge in [0.05, 0.1) is 5.69 Å². The number of pyridine rings is 1. The molecule has 0 aliphatic heterocycles. The van der Waals surface area contributed by atoms with E-state index >= 15 is 0 Å². The Hall–Kier alpha value is -1.39. The Balaban J connectivity index is 2.53. The monoisotopic (exact) mass is 278 g/mol. The molecule has 82 valence electrons. The van der Waals surface area contributed by atoms with Gasteiger partial charge in [-0.25, -0.2) is 0 Å². The smallest absolute Gasteiger partial charge is 0.125 e. The summed E-state index contributed by atoms with van der Waals surface area (Å²) >= 11 is 3.43. The van der Waals surface area contributed by atoms with Crippen molar-refractivity contribution in [3.8, 4) is 17.0 Å². The van der Waals surface area contributed by atoms with Gasteiger partial charge in [-0.2, -0.15) is 0 Å². The van der Waals surface area contributed by atoms with Gasteiger partial charge in [-0.05, 0) is 39.7 Å². The molecular weight excluding hydrogens is 268 g/mol. The molecule has 3 N–H and O–H groups in total. The second-order valence-electron chi connectivity index (χ2n) is 3.40. The highest BCUT2D eigenvalue weighted by molar-refractivity contribution is 9.10. The number of nitrogens with two attached hydrogens (primary N) is 1. The van der Waals surface area contributed by atoms with Crippen LogP contribution in [0.3, 0.4) is 0 Å². The summed E-state index contributed by atoms with van der Waals surface area (Å²) in [5, 5.41) is 9.73. The van der Waals surface area contributed by atoms with E-state index in [9.17, 15) is 5.11 Å². The average molecular weight is 279 g/mol. The quantitative estimate of drug-likeness (QED) is 0.888. The van der Waals surface area contributed by atoms with Crippen molar-refractivity contribution < 1.29 is 5.11 Å². The van der Waals surface area contributed by atoms with Crippen LogP contribution in [-0.4, -0.2) is 10.1 Å². The molecule has 16 heavy (non-hydrogen) atoms. The third kappa shape index (κ3) is 2.08. The van der Waals surface area contributed by atoms with Crippen LogP contribution in [0.15, 0.2) is 41.0 Å². The molecule has 0 radical (unpaired) electrons. The zero-order chi connectivity index (χ0) is 11.5. The van der Waals surface area contributed by atoms with Crippen molar-refractivity contribution in [1.29, 1.82) is 0 Å². The second kappa shape index (κ2) is 4.63. The average Bonchev–Trinajstić information content (AvgIpc) is 2.30. The van der Waals surface area contributed by atoms with E-state index in [0.29, 0.717) is 12.1 Å². The van der Waals surface area contributed by atoms with Crippen molar-refractivity contribution in [2.24, 2.45) is 5.73 Å². The minimum atomic E-state index is 0.219. The number of para-hydroxylation sites is 1. The van der Waals surface area contributed by atoms with E-state index in [4.69, 9.17) is 5.73 Å². The number of aromatic nitrogens is 1. The molecular formula is C12H11BrN2O. The van der Waals surface area contributed by atoms with Gasteiger partial charge in [0.1, 0.15) is 5.75 Å². The third-order valence-corrected chi connectivity index (χ3v) is 2.90. The molecule has 3 nitrogen and oxygen atoms in total. The van der Waals surface area contributed by atoms with Crippen LogP contribution in [0.25, 0.3) is 11.3 Å². The number of hydrogen-bond donors (Lipinski definition) is 2. The van der Waals surface area contributed by atoms with Crippen molar-refractivity contribution >= 4 is 15.9 Å². The summed E-state index contributed by atoms with van der Waals surface area (Å²) in [6.07, 6.45) is 1.71. The van der Waals surface area contributed by atoms with Crippen LogP contribution in [-0.2, 0) is 6.54 Å². The number of aromatic hydroxyl groups is 1. The van der Waals surface area contributed by atoms with Crippen LogP contribution in [0.4, 0.5) is 0 Å². The summed E-state index contributed by atoms with van der Waals surface area (Å²) in [5.41, 5.74) is 7.90. The fraction of sp³-hybridized carbons (Fsp3) is 0.0833. The lowest BCUT2D eigenvalue weighted by molar-refractivity contribution is 0.477. The van der Waals surface area contributed by atoms with Crippen molar-refractivity contribution in [1.82, 2.24) is 4.98 Å². The highest BCUT2D eigenvalue weighted by Crippen LogP contribution is 2.32. The Morgan fingerprint density at radius 2 is 2.06 bits per heavy atom. The molecule has 4 heteroatoms. The van der Waals surface area contributed by atoms with Crippen LogP contribution in [0.2, 0.25) is 0 Å². The Morgan fingerprint density at radius 3 is 2.69 bits per heavy atom. The van der Waals surface area contributed by atoms with Crippen LogP contribution in [0.5, 0.6) is 5.75 Å². The second-order valence-corrected chi connectivity index (χ2v) is 4.25. The number of hydrogen-bond acceptors (Lipinski definition) is 3. The minimum absolute atomic E-state index is 0.219. The first-order chi connectivity index (χ1) is 7.72. The number of halogens is 1. The maximum Gasteiger partial charge on any atom is 0.125 e. The largest absolute Gasteiger partial charge is 0.507 e. The Morgan fingerprint density at radius 1 is 1.31 bits per heavy atom. The van der Waals surface area contributed by atoms with E-state index in [1.54, 1.807) is 18.3 Å². The summed E-state index contributed by atoms with van der Waals surface area (Å²) in [6.45, 7) is 0.451. The standard InChI is InChI=1S/C12H11BrN2O/c13-10-5-8(6-14)7-15-12(10)9-3-1-2-4-11(9)16/h1-5,7,16H,6,14H2. The summed E-state index contributed by atoms with van der Waals surface area (Å²) < 4.78 is 0.831.